The van der Waals surface area contributed by atoms with Gasteiger partial charge in [-0.1, -0.05) is 0 Å². The Hall–Kier alpha value is -1.88. The minimum Gasteiger partial charge on any atom is -0.385 e. The van der Waals surface area contributed by atoms with Gasteiger partial charge >= 0.3 is 6.03 Å². The first-order valence-corrected chi connectivity index (χ1v) is 12.6. The zero-order valence-corrected chi connectivity index (χ0v) is 18.7. The first kappa shape index (κ1) is 20.0. The number of nitrogens with zero attached hydrogens (tertiary/aromatic N) is 3. The molecule has 1 unspecified atom stereocenters. The van der Waals surface area contributed by atoms with Crippen LogP contribution in [-0.2, 0) is 40.2 Å². The van der Waals surface area contributed by atoms with Gasteiger partial charge in [-0.3, -0.25) is 4.98 Å². The largest absolute Gasteiger partial charge is 0.385 e. The van der Waals surface area contributed by atoms with Crippen LogP contribution in [0.1, 0.15) is 66.9 Å². The number of pyridine rings is 1. The molecule has 10 heteroatoms. The fourth-order valence-corrected chi connectivity index (χ4v) is 6.63. The molecule has 2 amide bonds. The summed E-state index contributed by atoms with van der Waals surface area (Å²) in [6, 6.07) is -0.734. The first-order chi connectivity index (χ1) is 14.1. The Bertz CT molecular complexity index is 1180. The Morgan fingerprint density at radius 3 is 2.73 bits per heavy atom. The maximum absolute atomic E-state index is 12.9. The number of rotatable bonds is 3. The Balaban J connectivity index is 1.48. The first-order valence-electron chi connectivity index (χ1n) is 10.2. The number of aliphatic hydroxyl groups is 1. The van der Waals surface area contributed by atoms with Crippen LogP contribution in [-0.4, -0.2) is 25.3 Å². The van der Waals surface area contributed by atoms with Crippen LogP contribution in [0, 0.1) is 0 Å². The number of urea groups is 1. The number of aromatic nitrogens is 2. The maximum atomic E-state index is 12.9. The number of aryl methyl sites for hydroxylation is 1. The number of nitrogens with one attached hydrogen (secondary N) is 1. The lowest BCUT2D eigenvalue weighted by atomic mass is 10.0. The number of hydrogen-bond acceptors (Lipinski definition) is 6. The van der Waals surface area contributed by atoms with Crippen molar-refractivity contribution in [3.8, 4) is 0 Å². The average Bonchev–Trinajstić information content (AvgIpc) is 3.05. The third-order valence-corrected chi connectivity index (χ3v) is 9.44. The fraction of sp³-hybridized carbons (Fsp3) is 0.550. The minimum atomic E-state index is -3.51. The predicted octanol–water partition coefficient (Wildman–Crippen LogP) is 3.16. The molecule has 1 atom stereocenters. The van der Waals surface area contributed by atoms with E-state index >= 15 is 0 Å². The number of fused-ring (bicyclic) bond motifs is 3. The van der Waals surface area contributed by atoms with Gasteiger partial charge in [-0.2, -0.15) is 0 Å². The predicted molar refractivity (Wildman–Crippen MR) is 115 cm³/mol. The Labute approximate surface area is 179 Å². The lowest BCUT2D eigenvalue weighted by Crippen LogP contribution is -2.19. The van der Waals surface area contributed by atoms with Gasteiger partial charge in [-0.15, -0.1) is 15.7 Å². The summed E-state index contributed by atoms with van der Waals surface area (Å²) in [5, 5.41) is 18.9. The van der Waals surface area contributed by atoms with Gasteiger partial charge in [0.1, 0.15) is 0 Å². The van der Waals surface area contributed by atoms with Gasteiger partial charge in [0.15, 0.2) is 9.92 Å². The molecular weight excluding hydrogens is 422 g/mol. The topological polar surface area (TPSA) is 131 Å². The van der Waals surface area contributed by atoms with E-state index in [1.165, 1.54) is 6.20 Å². The molecule has 0 aromatic carbocycles. The second-order valence-electron chi connectivity index (χ2n) is 9.01. The minimum absolute atomic E-state index is 0.0249. The van der Waals surface area contributed by atoms with Gasteiger partial charge in [0.2, 0.25) is 4.34 Å². The van der Waals surface area contributed by atoms with Crippen LogP contribution in [0.25, 0.3) is 0 Å². The van der Waals surface area contributed by atoms with Crippen LogP contribution in [0.3, 0.4) is 0 Å². The lowest BCUT2D eigenvalue weighted by molar-refractivity contribution is 0.0823. The van der Waals surface area contributed by atoms with E-state index in [9.17, 15) is 14.1 Å². The Kier molecular flexibility index (Phi) is 4.38. The summed E-state index contributed by atoms with van der Waals surface area (Å²) in [5.74, 6) is 0. The highest BCUT2D eigenvalue weighted by atomic mass is 32.2. The van der Waals surface area contributed by atoms with E-state index in [0.717, 1.165) is 84.5 Å². The molecule has 1 saturated carbocycles. The van der Waals surface area contributed by atoms with Crippen molar-refractivity contribution in [3.05, 3.63) is 33.6 Å². The monoisotopic (exact) mass is 447 g/mol. The number of thiazole rings is 1. The third kappa shape index (κ3) is 3.26. The van der Waals surface area contributed by atoms with E-state index in [4.69, 9.17) is 10.1 Å². The van der Waals surface area contributed by atoms with E-state index in [1.54, 1.807) is 13.8 Å². The summed E-state index contributed by atoms with van der Waals surface area (Å²) >= 11 is 0.998. The molecule has 3 aliphatic carbocycles. The highest BCUT2D eigenvalue weighted by Gasteiger charge is 2.51. The number of carbonyl (C=O) groups is 1. The van der Waals surface area contributed by atoms with Gasteiger partial charge in [0, 0.05) is 17.3 Å². The standard InChI is InChI=1S/C20H25N5O3S2/c1-19(2,27)14-10-22-18(29-14)30(21,28)25-17(26)24-15-11-4-3-5-13(11)23-16-12(15)6-7-20(16)8-9-20/h10,27H,3-9H2,1-2H3,(H3,21,23,24,25,26,28). The van der Waals surface area contributed by atoms with Crippen molar-refractivity contribution in [1.82, 2.24) is 9.97 Å². The normalized spacial score (nSPS) is 20.5. The van der Waals surface area contributed by atoms with Crippen molar-refractivity contribution in [3.63, 3.8) is 0 Å². The molecule has 2 aromatic heterocycles. The Morgan fingerprint density at radius 2 is 2.07 bits per heavy atom. The zero-order chi connectivity index (χ0) is 21.3. The van der Waals surface area contributed by atoms with Gasteiger partial charge in [0.25, 0.3) is 0 Å². The van der Waals surface area contributed by atoms with Crippen LogP contribution in [0.4, 0.5) is 10.5 Å². The molecule has 5 rings (SSSR count). The SMILES string of the molecule is CC(C)(O)c1cnc(S(N)(=O)=NC(=O)Nc2c3c(nc4c2CCC42CC2)CCC3)s1. The molecule has 2 aromatic rings. The molecule has 30 heavy (non-hydrogen) atoms. The Morgan fingerprint density at radius 1 is 1.30 bits per heavy atom. The van der Waals surface area contributed by atoms with E-state index in [1.807, 2.05) is 0 Å². The summed E-state index contributed by atoms with van der Waals surface area (Å²) in [7, 11) is -3.51. The van der Waals surface area contributed by atoms with Crippen molar-refractivity contribution in [2.45, 2.75) is 74.1 Å². The highest BCUT2D eigenvalue weighted by Crippen LogP contribution is 2.58. The number of carbonyl (C=O) groups excluding carboxylic acids is 1. The quantitative estimate of drug-likeness (QED) is 0.665. The van der Waals surface area contributed by atoms with Crippen LogP contribution < -0.4 is 10.5 Å². The second kappa shape index (κ2) is 6.56. The van der Waals surface area contributed by atoms with E-state index in [-0.39, 0.29) is 9.75 Å². The highest BCUT2D eigenvalue weighted by molar-refractivity contribution is 7.93. The van der Waals surface area contributed by atoms with Crippen molar-refractivity contribution >= 4 is 33.0 Å². The summed E-state index contributed by atoms with van der Waals surface area (Å²) < 4.78 is 16.7. The second-order valence-corrected chi connectivity index (χ2v) is 12.0. The number of nitrogens with two attached hydrogens (primary N) is 1. The average molecular weight is 448 g/mol. The third-order valence-electron chi connectivity index (χ3n) is 6.32. The van der Waals surface area contributed by atoms with Gasteiger partial charge in [0.05, 0.1) is 21.9 Å². The summed E-state index contributed by atoms with van der Waals surface area (Å²) in [6.45, 7) is 3.20. The molecule has 1 fully saturated rings. The van der Waals surface area contributed by atoms with Crippen LogP contribution >= 0.6 is 11.3 Å². The smallest absolute Gasteiger partial charge is 0.354 e. The molecule has 0 saturated heterocycles. The van der Waals surface area contributed by atoms with Crippen molar-refractivity contribution < 1.29 is 14.1 Å². The van der Waals surface area contributed by atoms with Crippen LogP contribution in [0.15, 0.2) is 14.9 Å². The summed E-state index contributed by atoms with van der Waals surface area (Å²) in [5.41, 5.74) is 4.28. The van der Waals surface area contributed by atoms with Gasteiger partial charge in [-0.25, -0.2) is 19.1 Å². The van der Waals surface area contributed by atoms with E-state index < -0.39 is 21.5 Å². The molecule has 0 radical (unpaired) electrons. The summed E-state index contributed by atoms with van der Waals surface area (Å²) in [4.78, 5) is 22.3. The molecule has 1 spiro atoms. The number of hydrogen-bond donors (Lipinski definition) is 3. The molecule has 0 bridgehead atoms. The molecule has 8 nitrogen and oxygen atoms in total. The fourth-order valence-electron chi connectivity index (χ4n) is 4.54. The van der Waals surface area contributed by atoms with Gasteiger partial charge < -0.3 is 10.4 Å². The molecule has 160 valence electrons. The molecule has 3 aliphatic rings. The molecule has 2 heterocycles. The summed E-state index contributed by atoms with van der Waals surface area (Å²) in [6.07, 6.45) is 8.52. The van der Waals surface area contributed by atoms with Crippen LogP contribution in [0.5, 0.6) is 0 Å². The van der Waals surface area contributed by atoms with E-state index in [0.29, 0.717) is 4.88 Å². The number of amides is 2. The van der Waals surface area contributed by atoms with E-state index in [2.05, 4.69) is 14.7 Å². The molecule has 4 N–H and O–H groups in total. The van der Waals surface area contributed by atoms with Crippen molar-refractivity contribution in [2.24, 2.45) is 9.50 Å². The zero-order valence-electron chi connectivity index (χ0n) is 17.0. The molecule has 0 aliphatic heterocycles. The maximum Gasteiger partial charge on any atom is 0.354 e. The van der Waals surface area contributed by atoms with Gasteiger partial charge in [-0.05, 0) is 69.9 Å². The number of anilines is 1. The van der Waals surface area contributed by atoms with Crippen molar-refractivity contribution in [2.75, 3.05) is 5.32 Å². The van der Waals surface area contributed by atoms with Crippen LogP contribution in [0.2, 0.25) is 0 Å². The molecular formula is C20H25N5O3S2. The lowest BCUT2D eigenvalue weighted by Gasteiger charge is -2.16. The van der Waals surface area contributed by atoms with Crippen molar-refractivity contribution in [1.29, 1.82) is 0 Å².